The lowest BCUT2D eigenvalue weighted by Crippen LogP contribution is -2.24. The number of para-hydroxylation sites is 1. The maximum absolute atomic E-state index is 12.3. The van der Waals surface area contributed by atoms with Gasteiger partial charge in [0.1, 0.15) is 0 Å². The zero-order valence-corrected chi connectivity index (χ0v) is 14.2. The van der Waals surface area contributed by atoms with Gasteiger partial charge in [0.2, 0.25) is 17.7 Å². The Morgan fingerprint density at radius 1 is 1.12 bits per heavy atom. The molecule has 1 fully saturated rings. The van der Waals surface area contributed by atoms with Crippen LogP contribution in [0.2, 0.25) is 5.02 Å². The third kappa shape index (κ3) is 3.42. The van der Waals surface area contributed by atoms with Gasteiger partial charge in [0.15, 0.2) is 0 Å². The van der Waals surface area contributed by atoms with E-state index in [2.05, 4.69) is 10.2 Å². The first kappa shape index (κ1) is 15.8. The van der Waals surface area contributed by atoms with Gasteiger partial charge >= 0.3 is 0 Å². The van der Waals surface area contributed by atoms with E-state index in [9.17, 15) is 4.79 Å². The van der Waals surface area contributed by atoms with Gasteiger partial charge < -0.3 is 9.32 Å². The zero-order valence-electron chi connectivity index (χ0n) is 13.4. The lowest BCUT2D eigenvalue weighted by molar-refractivity contribution is -0.117. The van der Waals surface area contributed by atoms with Crippen molar-refractivity contribution in [3.05, 3.63) is 77.0 Å². The van der Waals surface area contributed by atoms with Gasteiger partial charge in [0.05, 0.1) is 12.3 Å². The van der Waals surface area contributed by atoms with Crippen LogP contribution in [0.3, 0.4) is 0 Å². The first-order valence-electron chi connectivity index (χ1n) is 8.11. The quantitative estimate of drug-likeness (QED) is 0.715. The fourth-order valence-electron chi connectivity index (χ4n) is 3.06. The topological polar surface area (TPSA) is 59.2 Å². The summed E-state index contributed by atoms with van der Waals surface area (Å²) >= 11 is 6.00. The minimum absolute atomic E-state index is 0.0748. The molecule has 3 aromatic rings. The molecule has 2 heterocycles. The second kappa shape index (κ2) is 6.69. The van der Waals surface area contributed by atoms with Crippen molar-refractivity contribution in [2.75, 3.05) is 11.4 Å². The normalized spacial score (nSPS) is 17.2. The van der Waals surface area contributed by atoms with Crippen LogP contribution in [0.1, 0.15) is 29.7 Å². The van der Waals surface area contributed by atoms with Crippen LogP contribution in [0, 0.1) is 0 Å². The summed E-state index contributed by atoms with van der Waals surface area (Å²) in [7, 11) is 0. The van der Waals surface area contributed by atoms with Gasteiger partial charge in [-0.25, -0.2) is 0 Å². The Morgan fingerprint density at radius 2 is 1.96 bits per heavy atom. The first-order chi connectivity index (χ1) is 12.2. The molecule has 6 heteroatoms. The van der Waals surface area contributed by atoms with E-state index < -0.39 is 0 Å². The molecular formula is C19H16ClN3O2. The molecule has 1 aliphatic heterocycles. The Morgan fingerprint density at radius 3 is 2.76 bits per heavy atom. The van der Waals surface area contributed by atoms with Gasteiger partial charge in [-0.1, -0.05) is 41.9 Å². The van der Waals surface area contributed by atoms with Crippen LogP contribution in [0.4, 0.5) is 5.69 Å². The minimum Gasteiger partial charge on any atom is -0.425 e. The molecule has 0 bridgehead atoms. The van der Waals surface area contributed by atoms with E-state index >= 15 is 0 Å². The Kier molecular flexibility index (Phi) is 4.24. The number of amides is 1. The van der Waals surface area contributed by atoms with E-state index in [0.717, 1.165) is 11.3 Å². The predicted octanol–water partition coefficient (Wildman–Crippen LogP) is 3.83. The molecule has 4 rings (SSSR count). The van der Waals surface area contributed by atoms with E-state index in [-0.39, 0.29) is 11.8 Å². The molecule has 1 amide bonds. The summed E-state index contributed by atoms with van der Waals surface area (Å²) < 4.78 is 5.80. The van der Waals surface area contributed by atoms with Crippen molar-refractivity contribution in [2.24, 2.45) is 0 Å². The third-order valence-corrected chi connectivity index (χ3v) is 4.50. The largest absolute Gasteiger partial charge is 0.425 e. The van der Waals surface area contributed by atoms with Crippen molar-refractivity contribution >= 4 is 23.2 Å². The summed E-state index contributed by atoms with van der Waals surface area (Å²) in [6.07, 6.45) is 0.907. The monoisotopic (exact) mass is 353 g/mol. The van der Waals surface area contributed by atoms with Gasteiger partial charge in [-0.15, -0.1) is 10.2 Å². The number of halogens is 1. The van der Waals surface area contributed by atoms with Gasteiger partial charge in [-0.2, -0.15) is 0 Å². The SMILES string of the molecule is O=C1C[C@@H](c2nnc(Cc3cccc(Cl)c3)o2)CN1c1ccccc1. The Bertz CT molecular complexity index is 894. The van der Waals surface area contributed by atoms with E-state index in [4.69, 9.17) is 16.0 Å². The highest BCUT2D eigenvalue weighted by Crippen LogP contribution is 2.31. The number of hydrogen-bond donors (Lipinski definition) is 0. The number of rotatable bonds is 4. The number of carbonyl (C=O) groups excluding carboxylic acids is 1. The van der Waals surface area contributed by atoms with Crippen LogP contribution >= 0.6 is 11.6 Å². The number of carbonyl (C=O) groups is 1. The molecule has 1 aromatic heterocycles. The molecule has 1 atom stereocenters. The van der Waals surface area contributed by atoms with Crippen LogP contribution in [0.5, 0.6) is 0 Å². The molecule has 0 N–H and O–H groups in total. The molecule has 1 aliphatic rings. The molecule has 0 aliphatic carbocycles. The van der Waals surface area contributed by atoms with Gasteiger partial charge in [0, 0.05) is 23.7 Å². The summed E-state index contributed by atoms with van der Waals surface area (Å²) in [4.78, 5) is 14.1. The van der Waals surface area contributed by atoms with Gasteiger partial charge in [-0.3, -0.25) is 4.79 Å². The Labute approximate surface area is 150 Å². The third-order valence-electron chi connectivity index (χ3n) is 4.27. The minimum atomic E-state index is -0.0756. The fourth-order valence-corrected chi connectivity index (χ4v) is 3.27. The predicted molar refractivity (Wildman–Crippen MR) is 94.7 cm³/mol. The van der Waals surface area contributed by atoms with Crippen molar-refractivity contribution in [1.82, 2.24) is 10.2 Å². The molecule has 25 heavy (non-hydrogen) atoms. The summed E-state index contributed by atoms with van der Waals surface area (Å²) in [6, 6.07) is 17.2. The van der Waals surface area contributed by atoms with Crippen LogP contribution in [-0.4, -0.2) is 22.6 Å². The van der Waals surface area contributed by atoms with Crippen molar-refractivity contribution in [3.63, 3.8) is 0 Å². The number of aromatic nitrogens is 2. The smallest absolute Gasteiger partial charge is 0.227 e. The Hall–Kier alpha value is -2.66. The molecule has 0 unspecified atom stereocenters. The van der Waals surface area contributed by atoms with Gasteiger partial charge in [-0.05, 0) is 29.8 Å². The molecule has 0 radical (unpaired) electrons. The van der Waals surface area contributed by atoms with Crippen molar-refractivity contribution in [3.8, 4) is 0 Å². The Balaban J connectivity index is 1.48. The standard InChI is InChI=1S/C19H16ClN3O2/c20-15-6-4-5-13(9-15)10-17-21-22-19(25-17)14-11-18(24)23(12-14)16-7-2-1-3-8-16/h1-9,14H,10-12H2/t14-/m1/s1. The van der Waals surface area contributed by atoms with E-state index in [1.165, 1.54) is 0 Å². The van der Waals surface area contributed by atoms with Crippen molar-refractivity contribution in [1.29, 1.82) is 0 Å². The molecule has 126 valence electrons. The fraction of sp³-hybridized carbons (Fsp3) is 0.211. The number of hydrogen-bond acceptors (Lipinski definition) is 4. The van der Waals surface area contributed by atoms with Gasteiger partial charge in [0.25, 0.3) is 0 Å². The van der Waals surface area contributed by atoms with E-state index in [1.807, 2.05) is 54.6 Å². The average molecular weight is 354 g/mol. The lowest BCUT2D eigenvalue weighted by atomic mass is 10.1. The second-order valence-corrected chi connectivity index (χ2v) is 6.52. The number of anilines is 1. The number of nitrogens with zero attached hydrogens (tertiary/aromatic N) is 3. The van der Waals surface area contributed by atoms with E-state index in [0.29, 0.717) is 36.2 Å². The van der Waals surface area contributed by atoms with E-state index in [1.54, 1.807) is 4.90 Å². The molecule has 5 nitrogen and oxygen atoms in total. The van der Waals surface area contributed by atoms with Crippen molar-refractivity contribution in [2.45, 2.75) is 18.8 Å². The maximum Gasteiger partial charge on any atom is 0.227 e. The average Bonchev–Trinajstić information content (AvgIpc) is 3.22. The number of benzene rings is 2. The molecule has 0 spiro atoms. The van der Waals surface area contributed by atoms with Crippen molar-refractivity contribution < 1.29 is 9.21 Å². The summed E-state index contributed by atoms with van der Waals surface area (Å²) in [5, 5.41) is 8.95. The lowest BCUT2D eigenvalue weighted by Gasteiger charge is -2.15. The maximum atomic E-state index is 12.3. The summed E-state index contributed by atoms with van der Waals surface area (Å²) in [6.45, 7) is 0.557. The van der Waals surface area contributed by atoms with Crippen LogP contribution in [0.15, 0.2) is 59.0 Å². The second-order valence-electron chi connectivity index (χ2n) is 6.08. The zero-order chi connectivity index (χ0) is 17.2. The highest BCUT2D eigenvalue weighted by atomic mass is 35.5. The van der Waals surface area contributed by atoms with Crippen LogP contribution in [0.25, 0.3) is 0 Å². The van der Waals surface area contributed by atoms with Crippen LogP contribution < -0.4 is 4.90 Å². The van der Waals surface area contributed by atoms with Crippen LogP contribution in [-0.2, 0) is 11.2 Å². The first-order valence-corrected chi connectivity index (χ1v) is 8.49. The molecular weight excluding hydrogens is 338 g/mol. The molecule has 1 saturated heterocycles. The summed E-state index contributed by atoms with van der Waals surface area (Å²) in [5.41, 5.74) is 1.91. The highest BCUT2D eigenvalue weighted by Gasteiger charge is 2.34. The summed E-state index contributed by atoms with van der Waals surface area (Å²) in [5.74, 6) is 1.05. The molecule has 2 aromatic carbocycles. The highest BCUT2D eigenvalue weighted by molar-refractivity contribution is 6.30. The molecule has 0 saturated carbocycles.